The number of likely N-dealkylation sites (tertiary alicyclic amines) is 1. The lowest BCUT2D eigenvalue weighted by Gasteiger charge is -2.36. The van der Waals surface area contributed by atoms with E-state index in [9.17, 15) is 9.59 Å². The van der Waals surface area contributed by atoms with Crippen LogP contribution in [0.5, 0.6) is 0 Å². The SMILES string of the molecule is O=C(CN1CCN(C(=O)c2cccnc2)CC1)N1CCCCC1. The lowest BCUT2D eigenvalue weighted by Crippen LogP contribution is -2.52. The molecule has 2 fully saturated rings. The number of piperazine rings is 1. The average molecular weight is 316 g/mol. The van der Waals surface area contributed by atoms with E-state index in [-0.39, 0.29) is 11.8 Å². The largest absolute Gasteiger partial charge is 0.342 e. The Hall–Kier alpha value is -1.95. The van der Waals surface area contributed by atoms with Crippen LogP contribution in [-0.2, 0) is 4.79 Å². The summed E-state index contributed by atoms with van der Waals surface area (Å²) in [6, 6.07) is 3.57. The lowest BCUT2D eigenvalue weighted by molar-refractivity contribution is -0.133. The van der Waals surface area contributed by atoms with Gasteiger partial charge in [-0.2, -0.15) is 0 Å². The molecule has 0 bridgehead atoms. The summed E-state index contributed by atoms with van der Waals surface area (Å²) in [4.78, 5) is 34.7. The number of aromatic nitrogens is 1. The van der Waals surface area contributed by atoms with Crippen LogP contribution in [0.4, 0.5) is 0 Å². The Bertz CT molecular complexity index is 535. The van der Waals surface area contributed by atoms with Gasteiger partial charge in [-0.1, -0.05) is 0 Å². The van der Waals surface area contributed by atoms with Gasteiger partial charge in [0.05, 0.1) is 12.1 Å². The van der Waals surface area contributed by atoms with Gasteiger partial charge in [-0.25, -0.2) is 0 Å². The van der Waals surface area contributed by atoms with Crippen molar-refractivity contribution >= 4 is 11.8 Å². The first-order valence-corrected chi connectivity index (χ1v) is 8.43. The number of hydrogen-bond acceptors (Lipinski definition) is 4. The van der Waals surface area contributed by atoms with Crippen molar-refractivity contribution < 1.29 is 9.59 Å². The van der Waals surface area contributed by atoms with Crippen LogP contribution in [0, 0.1) is 0 Å². The van der Waals surface area contributed by atoms with E-state index in [2.05, 4.69) is 9.88 Å². The molecule has 23 heavy (non-hydrogen) atoms. The highest BCUT2D eigenvalue weighted by Crippen LogP contribution is 2.11. The Morgan fingerprint density at radius 2 is 1.70 bits per heavy atom. The van der Waals surface area contributed by atoms with Gasteiger partial charge in [0.2, 0.25) is 5.91 Å². The van der Waals surface area contributed by atoms with E-state index in [1.165, 1.54) is 6.42 Å². The zero-order chi connectivity index (χ0) is 16.1. The lowest BCUT2D eigenvalue weighted by atomic mass is 10.1. The molecule has 0 spiro atoms. The third-order valence-corrected chi connectivity index (χ3v) is 4.64. The Balaban J connectivity index is 1.46. The van der Waals surface area contributed by atoms with Gasteiger partial charge in [0.1, 0.15) is 0 Å². The summed E-state index contributed by atoms with van der Waals surface area (Å²) in [5, 5.41) is 0. The van der Waals surface area contributed by atoms with E-state index in [1.54, 1.807) is 24.5 Å². The van der Waals surface area contributed by atoms with E-state index in [4.69, 9.17) is 0 Å². The predicted octanol–water partition coefficient (Wildman–Crippen LogP) is 0.852. The van der Waals surface area contributed by atoms with Crippen molar-refractivity contribution in [3.8, 4) is 0 Å². The fourth-order valence-electron chi connectivity index (χ4n) is 3.22. The molecule has 0 radical (unpaired) electrons. The highest BCUT2D eigenvalue weighted by molar-refractivity contribution is 5.94. The second kappa shape index (κ2) is 7.55. The van der Waals surface area contributed by atoms with Crippen LogP contribution < -0.4 is 0 Å². The Morgan fingerprint density at radius 3 is 2.35 bits per heavy atom. The molecule has 1 aromatic rings. The molecule has 0 saturated carbocycles. The number of nitrogens with zero attached hydrogens (tertiary/aromatic N) is 4. The highest BCUT2D eigenvalue weighted by atomic mass is 16.2. The number of amides is 2. The van der Waals surface area contributed by atoms with Gasteiger partial charge in [-0.15, -0.1) is 0 Å². The van der Waals surface area contributed by atoms with Gasteiger partial charge < -0.3 is 9.80 Å². The van der Waals surface area contributed by atoms with Crippen molar-refractivity contribution in [2.24, 2.45) is 0 Å². The molecule has 2 saturated heterocycles. The van der Waals surface area contributed by atoms with Gasteiger partial charge in [0.15, 0.2) is 0 Å². The van der Waals surface area contributed by atoms with Gasteiger partial charge in [0.25, 0.3) is 5.91 Å². The Labute approximate surface area is 137 Å². The van der Waals surface area contributed by atoms with E-state index in [0.29, 0.717) is 25.2 Å². The van der Waals surface area contributed by atoms with Gasteiger partial charge >= 0.3 is 0 Å². The minimum absolute atomic E-state index is 0.0279. The number of carbonyl (C=O) groups is 2. The molecule has 3 heterocycles. The summed E-state index contributed by atoms with van der Waals surface area (Å²) in [5.74, 6) is 0.261. The number of rotatable bonds is 3. The number of carbonyl (C=O) groups excluding carboxylic acids is 2. The van der Waals surface area contributed by atoms with Crippen molar-refractivity contribution in [1.82, 2.24) is 19.7 Å². The quantitative estimate of drug-likeness (QED) is 0.830. The fourth-order valence-corrected chi connectivity index (χ4v) is 3.22. The summed E-state index contributed by atoms with van der Waals surface area (Å²) in [7, 11) is 0. The molecule has 0 aliphatic carbocycles. The van der Waals surface area contributed by atoms with Crippen LogP contribution in [0.25, 0.3) is 0 Å². The minimum atomic E-state index is 0.0279. The van der Waals surface area contributed by atoms with Crippen molar-refractivity contribution in [2.45, 2.75) is 19.3 Å². The second-order valence-corrected chi connectivity index (χ2v) is 6.25. The van der Waals surface area contributed by atoms with Gasteiger partial charge in [0, 0.05) is 51.7 Å². The van der Waals surface area contributed by atoms with Gasteiger partial charge in [-0.05, 0) is 31.4 Å². The molecule has 0 atom stereocenters. The van der Waals surface area contributed by atoms with Crippen LogP contribution in [0.2, 0.25) is 0 Å². The molecule has 3 rings (SSSR count). The van der Waals surface area contributed by atoms with Crippen molar-refractivity contribution in [1.29, 1.82) is 0 Å². The van der Waals surface area contributed by atoms with Crippen LogP contribution >= 0.6 is 0 Å². The smallest absolute Gasteiger partial charge is 0.255 e. The topological polar surface area (TPSA) is 56.8 Å². The fraction of sp³-hybridized carbons (Fsp3) is 0.588. The molecule has 1 aromatic heterocycles. The van der Waals surface area contributed by atoms with Crippen LogP contribution in [0.15, 0.2) is 24.5 Å². The molecule has 0 N–H and O–H groups in total. The number of hydrogen-bond donors (Lipinski definition) is 0. The molecule has 0 unspecified atom stereocenters. The van der Waals surface area contributed by atoms with E-state index < -0.39 is 0 Å². The highest BCUT2D eigenvalue weighted by Gasteiger charge is 2.25. The molecular weight excluding hydrogens is 292 g/mol. The van der Waals surface area contributed by atoms with Crippen LogP contribution in [0.3, 0.4) is 0 Å². The molecule has 124 valence electrons. The van der Waals surface area contributed by atoms with Crippen molar-refractivity contribution in [2.75, 3.05) is 45.8 Å². The summed E-state index contributed by atoms with van der Waals surface area (Å²) < 4.78 is 0. The zero-order valence-corrected chi connectivity index (χ0v) is 13.5. The molecule has 6 nitrogen and oxygen atoms in total. The van der Waals surface area contributed by atoms with Crippen molar-refractivity contribution in [3.63, 3.8) is 0 Å². The monoisotopic (exact) mass is 316 g/mol. The minimum Gasteiger partial charge on any atom is -0.342 e. The average Bonchev–Trinajstić information content (AvgIpc) is 2.63. The normalized spacial score (nSPS) is 19.7. The third-order valence-electron chi connectivity index (χ3n) is 4.64. The molecule has 2 aliphatic heterocycles. The van der Waals surface area contributed by atoms with Crippen LogP contribution in [-0.4, -0.2) is 77.3 Å². The summed E-state index contributed by atoms with van der Waals surface area (Å²) >= 11 is 0. The first kappa shape index (κ1) is 15.9. The number of pyridine rings is 1. The summed E-state index contributed by atoms with van der Waals surface area (Å²) in [5.41, 5.74) is 0.630. The first-order valence-electron chi connectivity index (χ1n) is 8.43. The molecular formula is C17H24N4O2. The summed E-state index contributed by atoms with van der Waals surface area (Å²) in [6.07, 6.45) is 6.76. The second-order valence-electron chi connectivity index (χ2n) is 6.25. The molecule has 2 aliphatic rings. The molecule has 2 amide bonds. The van der Waals surface area contributed by atoms with E-state index in [0.717, 1.165) is 39.0 Å². The maximum atomic E-state index is 12.4. The molecule has 0 aromatic carbocycles. The maximum Gasteiger partial charge on any atom is 0.255 e. The van der Waals surface area contributed by atoms with E-state index >= 15 is 0 Å². The third kappa shape index (κ3) is 4.07. The van der Waals surface area contributed by atoms with Gasteiger partial charge in [-0.3, -0.25) is 19.5 Å². The Kier molecular flexibility index (Phi) is 5.23. The first-order chi connectivity index (χ1) is 11.2. The standard InChI is InChI=1S/C17H24N4O2/c22-16(20-7-2-1-3-8-20)14-19-9-11-21(12-10-19)17(23)15-5-4-6-18-13-15/h4-6,13H,1-3,7-12,14H2. The van der Waals surface area contributed by atoms with Crippen LogP contribution in [0.1, 0.15) is 29.6 Å². The predicted molar refractivity (Wildman–Crippen MR) is 87.0 cm³/mol. The maximum absolute atomic E-state index is 12.4. The summed E-state index contributed by atoms with van der Waals surface area (Å²) in [6.45, 7) is 5.13. The van der Waals surface area contributed by atoms with E-state index in [1.807, 2.05) is 9.80 Å². The zero-order valence-electron chi connectivity index (χ0n) is 13.5. The Morgan fingerprint density at radius 1 is 0.957 bits per heavy atom. The molecule has 6 heteroatoms. The number of piperidine rings is 1. The van der Waals surface area contributed by atoms with Crippen molar-refractivity contribution in [3.05, 3.63) is 30.1 Å².